The molecule has 5 nitrogen and oxygen atoms in total. The number of halogens is 1. The van der Waals surface area contributed by atoms with Crippen molar-refractivity contribution in [3.63, 3.8) is 0 Å². The highest BCUT2D eigenvalue weighted by Crippen LogP contribution is 2.22. The predicted molar refractivity (Wildman–Crippen MR) is 69.8 cm³/mol. The van der Waals surface area contributed by atoms with Gasteiger partial charge in [0.1, 0.15) is 17.1 Å². The zero-order chi connectivity index (χ0) is 14.4. The molecule has 1 aromatic rings. The Morgan fingerprint density at radius 3 is 2.74 bits per heavy atom. The first kappa shape index (κ1) is 15.4. The van der Waals surface area contributed by atoms with Crippen LogP contribution in [0.1, 0.15) is 10.4 Å². The van der Waals surface area contributed by atoms with Crippen molar-refractivity contribution in [3.8, 4) is 5.75 Å². The van der Waals surface area contributed by atoms with Gasteiger partial charge < -0.3 is 20.1 Å². The van der Waals surface area contributed by atoms with Gasteiger partial charge in [0.05, 0.1) is 13.7 Å². The molecular formula is C13H19FN2O3. The largest absolute Gasteiger partial charge is 0.496 e. The highest BCUT2D eigenvalue weighted by atomic mass is 19.1. The van der Waals surface area contributed by atoms with Crippen LogP contribution in [0.4, 0.5) is 4.39 Å². The summed E-state index contributed by atoms with van der Waals surface area (Å²) >= 11 is 0. The highest BCUT2D eigenvalue weighted by Gasteiger charge is 2.22. The van der Waals surface area contributed by atoms with Gasteiger partial charge in [-0.3, -0.25) is 4.79 Å². The predicted octanol–water partition coefficient (Wildman–Crippen LogP) is 0.880. The number of nitrogens with zero attached hydrogens (tertiary/aromatic N) is 1. The molecule has 0 aliphatic heterocycles. The number of rotatable bonds is 6. The van der Waals surface area contributed by atoms with Crippen LogP contribution in [0.3, 0.4) is 0 Å². The SMILES string of the molecule is COCC(N)CN(C)C(=O)c1c(F)cccc1OC. The Hall–Kier alpha value is -1.66. The number of likely N-dealkylation sites (N-methyl/N-ethyl adjacent to an activating group) is 1. The van der Waals surface area contributed by atoms with Crippen molar-refractivity contribution < 1.29 is 18.7 Å². The molecule has 1 aromatic carbocycles. The number of hydrogen-bond acceptors (Lipinski definition) is 4. The molecule has 1 rings (SSSR count). The lowest BCUT2D eigenvalue weighted by atomic mass is 10.1. The molecule has 6 heteroatoms. The summed E-state index contributed by atoms with van der Waals surface area (Å²) in [4.78, 5) is 13.5. The maximum Gasteiger partial charge on any atom is 0.260 e. The molecule has 2 N–H and O–H groups in total. The van der Waals surface area contributed by atoms with E-state index in [9.17, 15) is 9.18 Å². The normalized spacial score (nSPS) is 12.1. The zero-order valence-electron chi connectivity index (χ0n) is 11.4. The number of benzene rings is 1. The van der Waals surface area contributed by atoms with Gasteiger partial charge in [-0.05, 0) is 12.1 Å². The van der Waals surface area contributed by atoms with E-state index >= 15 is 0 Å². The molecule has 0 radical (unpaired) electrons. The van der Waals surface area contributed by atoms with E-state index < -0.39 is 11.7 Å². The third-order valence-electron chi connectivity index (χ3n) is 2.64. The van der Waals surface area contributed by atoms with E-state index in [1.54, 1.807) is 13.1 Å². The summed E-state index contributed by atoms with van der Waals surface area (Å²) in [5.74, 6) is -0.879. The first-order valence-corrected chi connectivity index (χ1v) is 5.83. The molecule has 1 atom stereocenters. The minimum absolute atomic E-state index is 0.0860. The lowest BCUT2D eigenvalue weighted by molar-refractivity contribution is 0.0756. The van der Waals surface area contributed by atoms with Gasteiger partial charge in [0.25, 0.3) is 5.91 Å². The highest BCUT2D eigenvalue weighted by molar-refractivity contribution is 5.97. The molecule has 106 valence electrons. The van der Waals surface area contributed by atoms with Crippen LogP contribution >= 0.6 is 0 Å². The van der Waals surface area contributed by atoms with Gasteiger partial charge in [0.15, 0.2) is 0 Å². The molecule has 0 saturated carbocycles. The number of methoxy groups -OCH3 is 2. The molecule has 0 bridgehead atoms. The smallest absolute Gasteiger partial charge is 0.260 e. The molecule has 0 spiro atoms. The Kier molecular flexibility index (Phi) is 5.72. The first-order valence-electron chi connectivity index (χ1n) is 5.83. The van der Waals surface area contributed by atoms with Crippen LogP contribution in [0, 0.1) is 5.82 Å². The average Bonchev–Trinajstić information content (AvgIpc) is 2.37. The number of carbonyl (C=O) groups is 1. The van der Waals surface area contributed by atoms with Gasteiger partial charge in [-0.1, -0.05) is 6.07 Å². The fourth-order valence-corrected chi connectivity index (χ4v) is 1.77. The van der Waals surface area contributed by atoms with E-state index in [-0.39, 0.29) is 23.9 Å². The van der Waals surface area contributed by atoms with Crippen molar-refractivity contribution in [2.24, 2.45) is 5.73 Å². The lowest BCUT2D eigenvalue weighted by Gasteiger charge is -2.22. The third kappa shape index (κ3) is 3.90. The van der Waals surface area contributed by atoms with E-state index in [4.69, 9.17) is 15.2 Å². The molecule has 0 fully saturated rings. The zero-order valence-corrected chi connectivity index (χ0v) is 11.4. The summed E-state index contributed by atoms with van der Waals surface area (Å²) in [6.07, 6.45) is 0. The van der Waals surface area contributed by atoms with Gasteiger partial charge in [-0.25, -0.2) is 4.39 Å². The second-order valence-corrected chi connectivity index (χ2v) is 4.22. The summed E-state index contributed by atoms with van der Waals surface area (Å²) < 4.78 is 23.7. The topological polar surface area (TPSA) is 64.8 Å². The third-order valence-corrected chi connectivity index (χ3v) is 2.64. The average molecular weight is 270 g/mol. The van der Waals surface area contributed by atoms with E-state index in [0.29, 0.717) is 6.61 Å². The van der Waals surface area contributed by atoms with Crippen LogP contribution in [0.25, 0.3) is 0 Å². The van der Waals surface area contributed by atoms with Crippen LogP contribution in [0.15, 0.2) is 18.2 Å². The Morgan fingerprint density at radius 2 is 2.16 bits per heavy atom. The van der Waals surface area contributed by atoms with Gasteiger partial charge in [-0.15, -0.1) is 0 Å². The Balaban J connectivity index is 2.88. The molecule has 0 saturated heterocycles. The standard InChI is InChI=1S/C13H19FN2O3/c1-16(7-9(15)8-18-2)13(17)12-10(14)5-4-6-11(12)19-3/h4-6,9H,7-8,15H2,1-3H3. The van der Waals surface area contributed by atoms with E-state index in [1.807, 2.05) is 0 Å². The van der Waals surface area contributed by atoms with Crippen LogP contribution in [0.2, 0.25) is 0 Å². The molecule has 0 aromatic heterocycles. The monoisotopic (exact) mass is 270 g/mol. The van der Waals surface area contributed by atoms with Crippen molar-refractivity contribution in [2.75, 3.05) is 34.4 Å². The molecule has 0 heterocycles. The molecule has 19 heavy (non-hydrogen) atoms. The van der Waals surface area contributed by atoms with Gasteiger partial charge in [0, 0.05) is 26.7 Å². The van der Waals surface area contributed by atoms with Crippen LogP contribution in [0.5, 0.6) is 5.75 Å². The van der Waals surface area contributed by atoms with Crippen molar-refractivity contribution in [1.82, 2.24) is 4.90 Å². The Bertz CT molecular complexity index is 440. The van der Waals surface area contributed by atoms with E-state index in [1.165, 1.54) is 31.3 Å². The minimum Gasteiger partial charge on any atom is -0.496 e. The summed E-state index contributed by atoms with van der Waals surface area (Å²) in [6.45, 7) is 0.593. The summed E-state index contributed by atoms with van der Waals surface area (Å²) in [5.41, 5.74) is 5.68. The van der Waals surface area contributed by atoms with E-state index in [0.717, 1.165) is 0 Å². The summed E-state index contributed by atoms with van der Waals surface area (Å²) in [5, 5.41) is 0. The molecule has 1 unspecified atom stereocenters. The fraction of sp³-hybridized carbons (Fsp3) is 0.462. The summed E-state index contributed by atoms with van der Waals surface area (Å²) in [6, 6.07) is 3.93. The van der Waals surface area contributed by atoms with Gasteiger partial charge in [0.2, 0.25) is 0 Å². The number of carbonyl (C=O) groups excluding carboxylic acids is 1. The summed E-state index contributed by atoms with van der Waals surface area (Å²) in [7, 11) is 4.48. The maximum absolute atomic E-state index is 13.7. The van der Waals surface area contributed by atoms with Crippen molar-refractivity contribution in [3.05, 3.63) is 29.6 Å². The number of amides is 1. The lowest BCUT2D eigenvalue weighted by Crippen LogP contribution is -2.41. The minimum atomic E-state index is -0.614. The molecule has 1 amide bonds. The first-order chi connectivity index (χ1) is 9.01. The van der Waals surface area contributed by atoms with Gasteiger partial charge >= 0.3 is 0 Å². The van der Waals surface area contributed by atoms with Crippen molar-refractivity contribution >= 4 is 5.91 Å². The Labute approximate surface area is 112 Å². The Morgan fingerprint density at radius 1 is 1.47 bits per heavy atom. The maximum atomic E-state index is 13.7. The van der Waals surface area contributed by atoms with Crippen LogP contribution < -0.4 is 10.5 Å². The number of hydrogen-bond donors (Lipinski definition) is 1. The van der Waals surface area contributed by atoms with Crippen LogP contribution in [-0.4, -0.2) is 51.3 Å². The second kappa shape index (κ2) is 7.06. The van der Waals surface area contributed by atoms with Gasteiger partial charge in [-0.2, -0.15) is 0 Å². The number of ether oxygens (including phenoxy) is 2. The van der Waals surface area contributed by atoms with Crippen molar-refractivity contribution in [2.45, 2.75) is 6.04 Å². The molecular weight excluding hydrogens is 251 g/mol. The second-order valence-electron chi connectivity index (χ2n) is 4.22. The number of nitrogens with two attached hydrogens (primary N) is 1. The van der Waals surface area contributed by atoms with Crippen molar-refractivity contribution in [1.29, 1.82) is 0 Å². The van der Waals surface area contributed by atoms with Crippen LogP contribution in [-0.2, 0) is 4.74 Å². The van der Waals surface area contributed by atoms with E-state index in [2.05, 4.69) is 0 Å². The molecule has 0 aliphatic carbocycles. The fourth-order valence-electron chi connectivity index (χ4n) is 1.77. The molecule has 0 aliphatic rings. The quantitative estimate of drug-likeness (QED) is 0.833.